The monoisotopic (exact) mass is 211 g/mol. The maximum Gasteiger partial charge on any atom is 0.239 e. The van der Waals surface area contributed by atoms with Gasteiger partial charge in [0.05, 0.1) is 12.6 Å². The number of likely N-dealkylation sites (N-methyl/N-ethyl adjacent to an activating group) is 1. The predicted octanol–water partition coefficient (Wildman–Crippen LogP) is 0.0345. The van der Waals surface area contributed by atoms with Crippen LogP contribution in [0.25, 0.3) is 0 Å². The van der Waals surface area contributed by atoms with E-state index in [-0.39, 0.29) is 18.4 Å². The maximum atomic E-state index is 11.4. The fourth-order valence-electron chi connectivity index (χ4n) is 1.05. The Labute approximate surface area is 89.8 Å². The summed E-state index contributed by atoms with van der Waals surface area (Å²) in [4.78, 5) is 22.4. The van der Waals surface area contributed by atoms with Gasteiger partial charge in [-0.2, -0.15) is 5.26 Å². The zero-order chi connectivity index (χ0) is 11.8. The van der Waals surface area contributed by atoms with Gasteiger partial charge >= 0.3 is 0 Å². The lowest BCUT2D eigenvalue weighted by atomic mass is 9.97. The zero-order valence-electron chi connectivity index (χ0n) is 9.33. The molecule has 5 heteroatoms. The molecule has 15 heavy (non-hydrogen) atoms. The van der Waals surface area contributed by atoms with E-state index in [4.69, 9.17) is 5.26 Å². The Hall–Kier alpha value is -1.57. The molecule has 84 valence electrons. The fraction of sp³-hybridized carbons (Fsp3) is 0.700. The van der Waals surface area contributed by atoms with Crippen LogP contribution in [0, 0.1) is 23.2 Å². The number of carbonyl (C=O) groups excluding carboxylic acids is 2. The van der Waals surface area contributed by atoms with Gasteiger partial charge in [-0.1, -0.05) is 13.8 Å². The standard InChI is InChI=1S/C10H17N3O2/c1-4-12-9(14)6-13-10(15)8(5-11)7(2)3/h7-8H,4,6H2,1-3H3,(H,12,14)(H,13,15). The topological polar surface area (TPSA) is 82.0 Å². The lowest BCUT2D eigenvalue weighted by molar-refractivity contribution is -0.128. The molecule has 0 saturated carbocycles. The first kappa shape index (κ1) is 13.4. The predicted molar refractivity (Wildman–Crippen MR) is 55.6 cm³/mol. The number of nitrogens with zero attached hydrogens (tertiary/aromatic N) is 1. The van der Waals surface area contributed by atoms with E-state index in [1.807, 2.05) is 6.07 Å². The van der Waals surface area contributed by atoms with Gasteiger partial charge in [-0.05, 0) is 12.8 Å². The number of nitriles is 1. The molecule has 0 aromatic heterocycles. The highest BCUT2D eigenvalue weighted by molar-refractivity contribution is 5.87. The van der Waals surface area contributed by atoms with Crippen molar-refractivity contribution in [1.82, 2.24) is 10.6 Å². The second-order valence-electron chi connectivity index (χ2n) is 3.52. The van der Waals surface area contributed by atoms with Crippen molar-refractivity contribution in [3.63, 3.8) is 0 Å². The minimum Gasteiger partial charge on any atom is -0.355 e. The first-order chi connectivity index (χ1) is 7.02. The highest BCUT2D eigenvalue weighted by atomic mass is 16.2. The van der Waals surface area contributed by atoms with Crippen LogP contribution in [0.3, 0.4) is 0 Å². The summed E-state index contributed by atoms with van der Waals surface area (Å²) in [5.74, 6) is -1.38. The van der Waals surface area contributed by atoms with Gasteiger partial charge in [0, 0.05) is 6.54 Å². The molecule has 0 aromatic carbocycles. The van der Waals surface area contributed by atoms with Gasteiger partial charge in [0.15, 0.2) is 0 Å². The number of hydrogen-bond acceptors (Lipinski definition) is 3. The Morgan fingerprint density at radius 1 is 1.33 bits per heavy atom. The second kappa shape index (κ2) is 6.82. The van der Waals surface area contributed by atoms with E-state index in [1.54, 1.807) is 20.8 Å². The van der Waals surface area contributed by atoms with Crippen LogP contribution in [0.1, 0.15) is 20.8 Å². The molecule has 0 aliphatic carbocycles. The van der Waals surface area contributed by atoms with Crippen molar-refractivity contribution in [3.8, 4) is 6.07 Å². The minimum atomic E-state index is -0.695. The number of hydrogen-bond donors (Lipinski definition) is 2. The van der Waals surface area contributed by atoms with Crippen LogP contribution in [-0.2, 0) is 9.59 Å². The number of rotatable bonds is 5. The van der Waals surface area contributed by atoms with E-state index in [9.17, 15) is 9.59 Å². The number of amides is 2. The third kappa shape index (κ3) is 5.01. The van der Waals surface area contributed by atoms with Crippen molar-refractivity contribution < 1.29 is 9.59 Å². The molecule has 1 unspecified atom stereocenters. The summed E-state index contributed by atoms with van der Waals surface area (Å²) in [7, 11) is 0. The Bertz CT molecular complexity index is 268. The summed E-state index contributed by atoms with van der Waals surface area (Å²) in [5, 5.41) is 13.7. The molecule has 0 spiro atoms. The summed E-state index contributed by atoms with van der Waals surface area (Å²) < 4.78 is 0. The molecule has 0 aliphatic heterocycles. The van der Waals surface area contributed by atoms with E-state index in [1.165, 1.54) is 0 Å². The molecule has 0 rings (SSSR count). The van der Waals surface area contributed by atoms with Gasteiger partial charge in [0.25, 0.3) is 0 Å². The summed E-state index contributed by atoms with van der Waals surface area (Å²) >= 11 is 0. The lowest BCUT2D eigenvalue weighted by Gasteiger charge is -2.12. The van der Waals surface area contributed by atoms with Crippen LogP contribution in [0.2, 0.25) is 0 Å². The van der Waals surface area contributed by atoms with E-state index >= 15 is 0 Å². The highest BCUT2D eigenvalue weighted by Crippen LogP contribution is 2.08. The van der Waals surface area contributed by atoms with E-state index in [0.717, 1.165) is 0 Å². The van der Waals surface area contributed by atoms with Crippen LogP contribution >= 0.6 is 0 Å². The number of nitrogens with one attached hydrogen (secondary N) is 2. The molecule has 0 aromatic rings. The Balaban J connectivity index is 4.03. The van der Waals surface area contributed by atoms with Crippen molar-refractivity contribution in [3.05, 3.63) is 0 Å². The summed E-state index contributed by atoms with van der Waals surface area (Å²) in [6.07, 6.45) is 0. The maximum absolute atomic E-state index is 11.4. The molecule has 5 nitrogen and oxygen atoms in total. The second-order valence-corrected chi connectivity index (χ2v) is 3.52. The molecule has 1 atom stereocenters. The Kier molecular flexibility index (Phi) is 6.11. The van der Waals surface area contributed by atoms with Gasteiger partial charge in [0.2, 0.25) is 11.8 Å². The van der Waals surface area contributed by atoms with Crippen molar-refractivity contribution >= 4 is 11.8 Å². The van der Waals surface area contributed by atoms with E-state index in [2.05, 4.69) is 10.6 Å². The summed E-state index contributed by atoms with van der Waals surface area (Å²) in [6.45, 7) is 5.84. The first-order valence-corrected chi connectivity index (χ1v) is 4.97. The van der Waals surface area contributed by atoms with Crippen molar-refractivity contribution in [2.45, 2.75) is 20.8 Å². The summed E-state index contributed by atoms with van der Waals surface area (Å²) in [5.41, 5.74) is 0. The number of carbonyl (C=O) groups is 2. The third-order valence-electron chi connectivity index (χ3n) is 1.89. The van der Waals surface area contributed by atoms with Crippen LogP contribution in [0.5, 0.6) is 0 Å². The van der Waals surface area contributed by atoms with Crippen molar-refractivity contribution in [2.24, 2.45) is 11.8 Å². The molecule has 0 heterocycles. The quantitative estimate of drug-likeness (QED) is 0.673. The van der Waals surface area contributed by atoms with E-state index < -0.39 is 11.8 Å². The average molecular weight is 211 g/mol. The molecule has 0 bridgehead atoms. The molecule has 2 amide bonds. The highest BCUT2D eigenvalue weighted by Gasteiger charge is 2.21. The van der Waals surface area contributed by atoms with Crippen molar-refractivity contribution in [2.75, 3.05) is 13.1 Å². The first-order valence-electron chi connectivity index (χ1n) is 4.97. The normalized spacial score (nSPS) is 11.7. The zero-order valence-corrected chi connectivity index (χ0v) is 9.33. The minimum absolute atomic E-state index is 0.0516. The largest absolute Gasteiger partial charge is 0.355 e. The summed E-state index contributed by atoms with van der Waals surface area (Å²) in [6, 6.07) is 1.91. The lowest BCUT2D eigenvalue weighted by Crippen LogP contribution is -2.40. The SMILES string of the molecule is CCNC(=O)CNC(=O)C(C#N)C(C)C. The van der Waals surface area contributed by atoms with Crippen LogP contribution in [0.4, 0.5) is 0 Å². The van der Waals surface area contributed by atoms with Gasteiger partial charge in [0.1, 0.15) is 5.92 Å². The van der Waals surface area contributed by atoms with Gasteiger partial charge < -0.3 is 10.6 Å². The average Bonchev–Trinajstić information content (AvgIpc) is 2.15. The Morgan fingerprint density at radius 2 is 1.93 bits per heavy atom. The Morgan fingerprint density at radius 3 is 2.33 bits per heavy atom. The van der Waals surface area contributed by atoms with Gasteiger partial charge in [-0.25, -0.2) is 0 Å². The van der Waals surface area contributed by atoms with Crippen LogP contribution in [-0.4, -0.2) is 24.9 Å². The third-order valence-corrected chi connectivity index (χ3v) is 1.89. The van der Waals surface area contributed by atoms with E-state index in [0.29, 0.717) is 6.54 Å². The smallest absolute Gasteiger partial charge is 0.239 e. The fourth-order valence-corrected chi connectivity index (χ4v) is 1.05. The molecular weight excluding hydrogens is 194 g/mol. The van der Waals surface area contributed by atoms with Crippen LogP contribution < -0.4 is 10.6 Å². The van der Waals surface area contributed by atoms with Crippen molar-refractivity contribution in [1.29, 1.82) is 5.26 Å². The molecule has 0 radical (unpaired) electrons. The molecular formula is C10H17N3O2. The van der Waals surface area contributed by atoms with Gasteiger partial charge in [-0.3, -0.25) is 9.59 Å². The van der Waals surface area contributed by atoms with Crippen LogP contribution in [0.15, 0.2) is 0 Å². The molecule has 0 fully saturated rings. The van der Waals surface area contributed by atoms with Gasteiger partial charge in [-0.15, -0.1) is 0 Å². The molecule has 0 saturated heterocycles. The molecule has 0 aliphatic rings. The molecule has 2 N–H and O–H groups in total.